The molecule has 0 saturated carbocycles. The molecule has 2 rings (SSSR count). The van der Waals surface area contributed by atoms with E-state index in [1.807, 2.05) is 42.5 Å². The Balaban J connectivity index is 2.18. The molecule has 2 aromatic carbocycles. The predicted molar refractivity (Wildman–Crippen MR) is 81.5 cm³/mol. The number of halogens is 2. The van der Waals surface area contributed by atoms with Gasteiger partial charge in [0.15, 0.2) is 0 Å². The average molecular weight is 296 g/mol. The third-order valence-corrected chi connectivity index (χ3v) is 3.57. The number of hydrogen-bond donors (Lipinski definition) is 1. The number of hydrogen-bond acceptors (Lipinski definition) is 2. The predicted octanol–water partition coefficient (Wildman–Crippen LogP) is 5.18. The second kappa shape index (κ2) is 6.18. The molecule has 1 unspecified atom stereocenters. The molecule has 19 heavy (non-hydrogen) atoms. The van der Waals surface area contributed by atoms with E-state index in [0.29, 0.717) is 10.0 Å². The summed E-state index contributed by atoms with van der Waals surface area (Å²) >= 11 is 12.3. The maximum Gasteiger partial charge on any atom is 0.118 e. The lowest BCUT2D eigenvalue weighted by molar-refractivity contribution is 0.414. The quantitative estimate of drug-likeness (QED) is 0.839. The van der Waals surface area contributed by atoms with Gasteiger partial charge in [0.05, 0.1) is 22.8 Å². The fraction of sp³-hybridized carbons (Fsp3) is 0.200. The van der Waals surface area contributed by atoms with Gasteiger partial charge < -0.3 is 10.1 Å². The molecule has 0 spiro atoms. The number of methoxy groups -OCH3 is 1. The van der Waals surface area contributed by atoms with Gasteiger partial charge in [-0.15, -0.1) is 0 Å². The Labute approximate surface area is 123 Å². The molecule has 0 heterocycles. The lowest BCUT2D eigenvalue weighted by Crippen LogP contribution is -2.07. The number of nitrogens with one attached hydrogen (secondary N) is 1. The molecule has 2 aromatic rings. The van der Waals surface area contributed by atoms with Crippen LogP contribution in [-0.4, -0.2) is 7.11 Å². The lowest BCUT2D eigenvalue weighted by Gasteiger charge is -2.18. The molecule has 4 heteroatoms. The van der Waals surface area contributed by atoms with Gasteiger partial charge in [-0.3, -0.25) is 0 Å². The smallest absolute Gasteiger partial charge is 0.118 e. The largest absolute Gasteiger partial charge is 0.497 e. The third kappa shape index (κ3) is 3.34. The number of para-hydroxylation sites is 1. The fourth-order valence-corrected chi connectivity index (χ4v) is 2.33. The van der Waals surface area contributed by atoms with E-state index in [9.17, 15) is 0 Å². The molecule has 1 atom stereocenters. The number of rotatable bonds is 4. The van der Waals surface area contributed by atoms with Gasteiger partial charge in [-0.2, -0.15) is 0 Å². The molecule has 0 fully saturated rings. The minimum Gasteiger partial charge on any atom is -0.497 e. The molecule has 1 N–H and O–H groups in total. The highest BCUT2D eigenvalue weighted by Gasteiger charge is 2.10. The van der Waals surface area contributed by atoms with Crippen LogP contribution in [0.3, 0.4) is 0 Å². The van der Waals surface area contributed by atoms with E-state index in [-0.39, 0.29) is 6.04 Å². The van der Waals surface area contributed by atoms with Gasteiger partial charge >= 0.3 is 0 Å². The van der Waals surface area contributed by atoms with Crippen LogP contribution in [0.25, 0.3) is 0 Å². The van der Waals surface area contributed by atoms with E-state index in [1.165, 1.54) is 0 Å². The molecule has 0 aliphatic heterocycles. The topological polar surface area (TPSA) is 21.3 Å². The highest BCUT2D eigenvalue weighted by Crippen LogP contribution is 2.33. The maximum absolute atomic E-state index is 6.14. The molecular formula is C15H15Cl2NO. The van der Waals surface area contributed by atoms with E-state index in [4.69, 9.17) is 27.9 Å². The minimum atomic E-state index is 0.100. The van der Waals surface area contributed by atoms with Crippen LogP contribution in [0, 0.1) is 0 Å². The molecule has 0 saturated heterocycles. The van der Waals surface area contributed by atoms with Crippen molar-refractivity contribution >= 4 is 28.9 Å². The summed E-state index contributed by atoms with van der Waals surface area (Å²) in [5.41, 5.74) is 1.89. The summed E-state index contributed by atoms with van der Waals surface area (Å²) in [5, 5.41) is 4.56. The molecule has 2 nitrogen and oxygen atoms in total. The number of benzene rings is 2. The van der Waals surface area contributed by atoms with Gasteiger partial charge in [-0.25, -0.2) is 0 Å². The van der Waals surface area contributed by atoms with Gasteiger partial charge in [-0.05, 0) is 36.8 Å². The molecule has 100 valence electrons. The SMILES string of the molecule is COc1ccc(C(C)Nc2c(Cl)cccc2Cl)cc1. The Morgan fingerprint density at radius 1 is 1.00 bits per heavy atom. The average Bonchev–Trinajstić information content (AvgIpc) is 2.43. The Morgan fingerprint density at radius 2 is 1.58 bits per heavy atom. The summed E-state index contributed by atoms with van der Waals surface area (Å²) in [6.45, 7) is 2.06. The summed E-state index contributed by atoms with van der Waals surface area (Å²) < 4.78 is 5.14. The summed E-state index contributed by atoms with van der Waals surface area (Å²) in [5.74, 6) is 0.840. The lowest BCUT2D eigenvalue weighted by atomic mass is 10.1. The highest BCUT2D eigenvalue weighted by molar-refractivity contribution is 6.39. The van der Waals surface area contributed by atoms with Crippen molar-refractivity contribution in [3.05, 3.63) is 58.1 Å². The van der Waals surface area contributed by atoms with Gasteiger partial charge in [-0.1, -0.05) is 41.4 Å². The van der Waals surface area contributed by atoms with E-state index in [0.717, 1.165) is 17.0 Å². The first-order chi connectivity index (χ1) is 9.11. The summed E-state index contributed by atoms with van der Waals surface area (Å²) in [4.78, 5) is 0. The summed E-state index contributed by atoms with van der Waals surface area (Å²) in [6, 6.07) is 13.5. The van der Waals surface area contributed by atoms with Crippen molar-refractivity contribution in [3.8, 4) is 5.75 Å². The van der Waals surface area contributed by atoms with Crippen LogP contribution >= 0.6 is 23.2 Å². The highest BCUT2D eigenvalue weighted by atomic mass is 35.5. The van der Waals surface area contributed by atoms with Crippen molar-refractivity contribution in [1.29, 1.82) is 0 Å². The fourth-order valence-electron chi connectivity index (χ4n) is 1.83. The van der Waals surface area contributed by atoms with Crippen LogP contribution in [0.5, 0.6) is 5.75 Å². The van der Waals surface area contributed by atoms with Gasteiger partial charge in [0, 0.05) is 6.04 Å². The first-order valence-corrected chi connectivity index (χ1v) is 6.72. The summed E-state index contributed by atoms with van der Waals surface area (Å²) in [7, 11) is 1.65. The van der Waals surface area contributed by atoms with E-state index in [2.05, 4.69) is 12.2 Å². The van der Waals surface area contributed by atoms with Crippen LogP contribution in [0.4, 0.5) is 5.69 Å². The minimum absolute atomic E-state index is 0.100. The summed E-state index contributed by atoms with van der Waals surface area (Å²) in [6.07, 6.45) is 0. The Kier molecular flexibility index (Phi) is 4.56. The van der Waals surface area contributed by atoms with Crippen LogP contribution in [-0.2, 0) is 0 Å². The van der Waals surface area contributed by atoms with Gasteiger partial charge in [0.25, 0.3) is 0 Å². The molecule has 0 aliphatic rings. The monoisotopic (exact) mass is 295 g/mol. The van der Waals surface area contributed by atoms with Crippen molar-refractivity contribution in [2.24, 2.45) is 0 Å². The zero-order valence-electron chi connectivity index (χ0n) is 10.8. The zero-order chi connectivity index (χ0) is 13.8. The Bertz CT molecular complexity index is 534. The van der Waals surface area contributed by atoms with Gasteiger partial charge in [0.1, 0.15) is 5.75 Å². The first-order valence-electron chi connectivity index (χ1n) is 5.96. The molecule has 0 amide bonds. The normalized spacial score (nSPS) is 12.0. The Hall–Kier alpha value is -1.38. The maximum atomic E-state index is 6.14. The van der Waals surface area contributed by atoms with Crippen molar-refractivity contribution in [2.75, 3.05) is 12.4 Å². The molecule has 0 bridgehead atoms. The van der Waals surface area contributed by atoms with Crippen LogP contribution < -0.4 is 10.1 Å². The standard InChI is InChI=1S/C15H15Cl2NO/c1-10(11-6-8-12(19-2)9-7-11)18-15-13(16)4-3-5-14(15)17/h3-10,18H,1-2H3. The first kappa shape index (κ1) is 14.0. The van der Waals surface area contributed by atoms with Crippen LogP contribution in [0.1, 0.15) is 18.5 Å². The molecular weight excluding hydrogens is 281 g/mol. The van der Waals surface area contributed by atoms with E-state index < -0.39 is 0 Å². The number of anilines is 1. The third-order valence-electron chi connectivity index (χ3n) is 2.94. The van der Waals surface area contributed by atoms with Crippen LogP contribution in [0.15, 0.2) is 42.5 Å². The van der Waals surface area contributed by atoms with Crippen molar-refractivity contribution in [1.82, 2.24) is 0 Å². The van der Waals surface area contributed by atoms with Crippen LogP contribution in [0.2, 0.25) is 10.0 Å². The van der Waals surface area contributed by atoms with Gasteiger partial charge in [0.2, 0.25) is 0 Å². The molecule has 0 aromatic heterocycles. The van der Waals surface area contributed by atoms with E-state index in [1.54, 1.807) is 7.11 Å². The van der Waals surface area contributed by atoms with Crippen molar-refractivity contribution in [3.63, 3.8) is 0 Å². The molecule has 0 aliphatic carbocycles. The van der Waals surface area contributed by atoms with Crippen molar-refractivity contribution in [2.45, 2.75) is 13.0 Å². The second-order valence-corrected chi connectivity index (χ2v) is 5.05. The molecule has 0 radical (unpaired) electrons. The zero-order valence-corrected chi connectivity index (χ0v) is 12.3. The Morgan fingerprint density at radius 3 is 2.11 bits per heavy atom. The van der Waals surface area contributed by atoms with E-state index >= 15 is 0 Å². The number of ether oxygens (including phenoxy) is 1. The second-order valence-electron chi connectivity index (χ2n) is 4.24. The van der Waals surface area contributed by atoms with Crippen molar-refractivity contribution < 1.29 is 4.74 Å².